The fourth-order valence-corrected chi connectivity index (χ4v) is 5.87. The van der Waals surface area contributed by atoms with E-state index in [1.807, 2.05) is 6.92 Å². The zero-order valence-electron chi connectivity index (χ0n) is 46.1. The smallest absolute Gasteiger partial charge is 0.394 e. The van der Waals surface area contributed by atoms with Crippen LogP contribution >= 0.6 is 15.9 Å². The summed E-state index contributed by atoms with van der Waals surface area (Å²) in [4.78, 5) is 9.88. The van der Waals surface area contributed by atoms with Crippen LogP contribution in [0.2, 0.25) is 0 Å². The molecule has 18 nitrogen and oxygen atoms in total. The molecule has 0 aliphatic heterocycles. The number of hydrogen-bond acceptors (Lipinski definition) is 18. The van der Waals surface area contributed by atoms with Gasteiger partial charge in [-0.25, -0.2) is 18.6 Å². The van der Waals surface area contributed by atoms with Gasteiger partial charge in [0.1, 0.15) is 13.2 Å². The third-order valence-corrected chi connectivity index (χ3v) is 10.3. The monoisotopic (exact) mass is 1300 g/mol. The molecule has 0 amide bonds. The highest BCUT2D eigenvalue weighted by molar-refractivity contribution is 9.09. The van der Waals surface area contributed by atoms with E-state index < -0.39 is 61.7 Å². The van der Waals surface area contributed by atoms with Crippen molar-refractivity contribution in [1.82, 2.24) is 0 Å². The molecule has 81 heavy (non-hydrogen) atoms. The first-order valence-corrected chi connectivity index (χ1v) is 27.4. The van der Waals surface area contributed by atoms with Crippen molar-refractivity contribution >= 4 is 15.9 Å². The summed E-state index contributed by atoms with van der Waals surface area (Å²) >= 11 is 2.97. The molecule has 0 unspecified atom stereocenters. The van der Waals surface area contributed by atoms with Crippen LogP contribution < -0.4 is 0 Å². The van der Waals surface area contributed by atoms with Gasteiger partial charge in [-0.05, 0) is 45.4 Å². The standard InChI is InChI=1S/C24H43F7O9.C16H34O9.C8H10BrF7/c25-22(23(26,27)28,24(29,30)31)4-2-1-3-6-33-8-10-35-12-14-37-16-18-39-20-21-40-19-17-38-15-13-36-11-9-34-7-5-32;1-2-18-5-6-20-9-11-22-13-15-24-25-16-14-23-12-10-21-8-7-19-4-3-17;9-5-3-1-2-4-6(10,7(11,12)13)8(14,15)16/h32H,1-21H2;17H,2-16H2,1H3;1-5H2. The minimum Gasteiger partial charge on any atom is -0.394 e. The number of halogens is 15. The Morgan fingerprint density at radius 3 is 0.691 bits per heavy atom. The topological polar surface area (TPSA) is 188 Å². The molecule has 492 valence electrons. The van der Waals surface area contributed by atoms with Gasteiger partial charge in [0, 0.05) is 18.5 Å². The molecule has 0 saturated carbocycles. The second-order valence-corrected chi connectivity index (χ2v) is 16.9. The highest BCUT2D eigenvalue weighted by atomic mass is 79.9. The van der Waals surface area contributed by atoms with Crippen LogP contribution in [0.1, 0.15) is 58.3 Å². The lowest BCUT2D eigenvalue weighted by molar-refractivity contribution is -0.344. The van der Waals surface area contributed by atoms with Crippen LogP contribution in [0, 0.1) is 0 Å². The lowest BCUT2D eigenvalue weighted by atomic mass is 9.96. The molecule has 33 heteroatoms. The molecule has 2 N–H and O–H groups in total. The Bertz CT molecular complexity index is 1240. The van der Waals surface area contributed by atoms with E-state index in [2.05, 4.69) is 15.9 Å². The van der Waals surface area contributed by atoms with Gasteiger partial charge < -0.3 is 76.5 Å². The van der Waals surface area contributed by atoms with Crippen LogP contribution in [0.15, 0.2) is 0 Å². The number of hydrogen-bond donors (Lipinski definition) is 2. The number of ether oxygens (including phenoxy) is 14. The Kier molecular flexibility index (Phi) is 58.7. The number of aliphatic hydroxyl groups is 2. The fourth-order valence-electron chi connectivity index (χ4n) is 5.48. The molecule has 0 saturated heterocycles. The van der Waals surface area contributed by atoms with E-state index in [-0.39, 0.29) is 52.3 Å². The lowest BCUT2D eigenvalue weighted by Crippen LogP contribution is -2.53. The first-order valence-electron chi connectivity index (χ1n) is 26.3. The third kappa shape index (κ3) is 51.7. The van der Waals surface area contributed by atoms with E-state index >= 15 is 0 Å². The van der Waals surface area contributed by atoms with Gasteiger partial charge in [0.2, 0.25) is 0 Å². The Hall–Kier alpha value is -1.22. The van der Waals surface area contributed by atoms with Crippen LogP contribution in [-0.2, 0) is 76.1 Å². The molecular weight excluding hydrogens is 1210 g/mol. The molecule has 0 aliphatic rings. The summed E-state index contributed by atoms with van der Waals surface area (Å²) in [7, 11) is 0. The van der Waals surface area contributed by atoms with Crippen molar-refractivity contribution < 1.29 is 148 Å². The van der Waals surface area contributed by atoms with E-state index in [9.17, 15) is 61.5 Å². The van der Waals surface area contributed by atoms with Gasteiger partial charge in [0.15, 0.2) is 0 Å². The Morgan fingerprint density at radius 1 is 0.259 bits per heavy atom. The molecule has 0 spiro atoms. The van der Waals surface area contributed by atoms with Gasteiger partial charge in [-0.15, -0.1) is 0 Å². The van der Waals surface area contributed by atoms with Crippen LogP contribution in [-0.4, -0.2) is 263 Å². The van der Waals surface area contributed by atoms with Gasteiger partial charge in [0.25, 0.3) is 11.3 Å². The molecule has 0 fully saturated rings. The molecule has 0 aromatic carbocycles. The molecule has 0 bridgehead atoms. The zero-order chi connectivity index (χ0) is 61.3. The maximum Gasteiger partial charge on any atom is 0.431 e. The second kappa shape index (κ2) is 56.6. The number of rotatable bonds is 56. The van der Waals surface area contributed by atoms with E-state index in [1.165, 1.54) is 0 Å². The first-order chi connectivity index (χ1) is 38.5. The van der Waals surface area contributed by atoms with Gasteiger partial charge in [-0.1, -0.05) is 28.8 Å². The van der Waals surface area contributed by atoms with Crippen LogP contribution in [0.4, 0.5) is 61.5 Å². The van der Waals surface area contributed by atoms with Crippen molar-refractivity contribution in [2.75, 3.05) is 217 Å². The van der Waals surface area contributed by atoms with Crippen LogP contribution in [0.25, 0.3) is 0 Å². The molecule has 0 rings (SSSR count). The quantitative estimate of drug-likeness (QED) is 0.0194. The summed E-state index contributed by atoms with van der Waals surface area (Å²) in [5, 5.41) is 17.5. The maximum atomic E-state index is 13.5. The average Bonchev–Trinajstić information content (AvgIpc) is 3.40. The fraction of sp³-hybridized carbons (Fsp3) is 1.00. The van der Waals surface area contributed by atoms with Gasteiger partial charge >= 0.3 is 24.7 Å². The molecule has 0 aromatic rings. The van der Waals surface area contributed by atoms with Crippen molar-refractivity contribution in [3.8, 4) is 0 Å². The summed E-state index contributed by atoms with van der Waals surface area (Å²) in [6.45, 7) is 14.5. The second-order valence-electron chi connectivity index (χ2n) is 16.2. The predicted octanol–water partition coefficient (Wildman–Crippen LogP) is 8.33. The summed E-state index contributed by atoms with van der Waals surface area (Å²) in [5.74, 6) is 0. The van der Waals surface area contributed by atoms with E-state index in [1.54, 1.807) is 0 Å². The van der Waals surface area contributed by atoms with Gasteiger partial charge in [-0.3, -0.25) is 0 Å². The van der Waals surface area contributed by atoms with Crippen molar-refractivity contribution in [3.63, 3.8) is 0 Å². The first kappa shape index (κ1) is 84.0. The van der Waals surface area contributed by atoms with Gasteiger partial charge in [0.05, 0.1) is 185 Å². The average molecular weight is 1300 g/mol. The Morgan fingerprint density at radius 2 is 0.469 bits per heavy atom. The molecule has 0 radical (unpaired) electrons. The molecule has 0 atom stereocenters. The highest BCUT2D eigenvalue weighted by Crippen LogP contribution is 2.50. The van der Waals surface area contributed by atoms with E-state index in [0.717, 1.165) is 0 Å². The summed E-state index contributed by atoms with van der Waals surface area (Å²) in [6.07, 6.45) is -27.4. The number of unbranched alkanes of at least 4 members (excludes halogenated alkanes) is 4. The minimum absolute atomic E-state index is 0.00848. The highest BCUT2D eigenvalue weighted by Gasteiger charge is 2.72. The molecule has 0 heterocycles. The normalized spacial score (nSPS) is 12.7. The largest absolute Gasteiger partial charge is 0.431 e. The molecule has 0 aliphatic carbocycles. The predicted molar refractivity (Wildman–Crippen MR) is 266 cm³/mol. The number of alkyl halides is 15. The summed E-state index contributed by atoms with van der Waals surface area (Å²) in [5.41, 5.74) is -10.3. The van der Waals surface area contributed by atoms with Crippen molar-refractivity contribution in [1.29, 1.82) is 0 Å². The number of aliphatic hydroxyl groups excluding tert-OH is 2. The van der Waals surface area contributed by atoms with E-state index in [0.29, 0.717) is 190 Å². The maximum absolute atomic E-state index is 13.5. The Labute approximate surface area is 473 Å². The molecule has 0 aromatic heterocycles. The Balaban J connectivity index is -0.00000126. The summed E-state index contributed by atoms with van der Waals surface area (Å²) < 4.78 is 247. The SMILES string of the molecule is CCOCCOCCOCCOOCCOCCOCCOCCO.FC(F)(F)C(F)(CCCCCBr)C(F)(F)F.OCCOCCOCCOCCOCCOCCOCCOCCOCCCCCC(F)(C(F)(F)F)C(F)(F)F. The van der Waals surface area contributed by atoms with E-state index in [4.69, 9.17) is 86.3 Å². The van der Waals surface area contributed by atoms with Crippen LogP contribution in [0.5, 0.6) is 0 Å². The van der Waals surface area contributed by atoms with Crippen molar-refractivity contribution in [2.45, 2.75) is 94.3 Å². The molecular formula is C48H87BrF14O18. The zero-order valence-corrected chi connectivity index (χ0v) is 47.7. The minimum atomic E-state index is -6.00. The summed E-state index contributed by atoms with van der Waals surface area (Å²) in [6, 6.07) is 0. The van der Waals surface area contributed by atoms with Crippen molar-refractivity contribution in [2.24, 2.45) is 0 Å². The lowest BCUT2D eigenvalue weighted by Gasteiger charge is -2.29. The van der Waals surface area contributed by atoms with Crippen LogP contribution in [0.3, 0.4) is 0 Å². The van der Waals surface area contributed by atoms with Crippen molar-refractivity contribution in [3.05, 3.63) is 0 Å². The third-order valence-electron chi connectivity index (χ3n) is 9.73. The van der Waals surface area contributed by atoms with Gasteiger partial charge in [-0.2, -0.15) is 52.7 Å².